The number of hydrogen-bond acceptors (Lipinski definition) is 2. The molecule has 0 aliphatic rings. The first-order valence-corrected chi connectivity index (χ1v) is 7.23. The van der Waals surface area contributed by atoms with Gasteiger partial charge in [-0.05, 0) is 42.5 Å². The van der Waals surface area contributed by atoms with E-state index >= 15 is 0 Å². The average Bonchev–Trinajstić information content (AvgIpc) is 2.38. The maximum atomic E-state index is 13.4. The van der Waals surface area contributed by atoms with Crippen molar-refractivity contribution >= 4 is 5.69 Å². The summed E-state index contributed by atoms with van der Waals surface area (Å²) in [5.41, 5.74) is 8.13. The van der Waals surface area contributed by atoms with E-state index in [0.717, 1.165) is 37.1 Å². The van der Waals surface area contributed by atoms with Gasteiger partial charge in [-0.1, -0.05) is 27.2 Å². The minimum Gasteiger partial charge on any atom is -0.374 e. The van der Waals surface area contributed by atoms with Crippen molar-refractivity contribution < 1.29 is 4.39 Å². The number of nitrogens with zero attached hydrogens (tertiary/aromatic N) is 1. The molecule has 2 N–H and O–H groups in total. The monoisotopic (exact) mass is 266 g/mol. The Hall–Kier alpha value is -1.09. The van der Waals surface area contributed by atoms with Gasteiger partial charge in [-0.3, -0.25) is 0 Å². The second-order valence-electron chi connectivity index (χ2n) is 5.54. The lowest BCUT2D eigenvalue weighted by Crippen LogP contribution is -2.27. The molecule has 0 aromatic heterocycles. The first-order valence-electron chi connectivity index (χ1n) is 7.23. The first kappa shape index (κ1) is 16.0. The predicted molar refractivity (Wildman–Crippen MR) is 81.1 cm³/mol. The predicted octanol–water partition coefficient (Wildman–Crippen LogP) is 3.59. The molecule has 0 aliphatic carbocycles. The molecule has 0 spiro atoms. The molecule has 1 aromatic rings. The second kappa shape index (κ2) is 7.49. The molecule has 2 nitrogen and oxygen atoms in total. The summed E-state index contributed by atoms with van der Waals surface area (Å²) < 4.78 is 13.4. The topological polar surface area (TPSA) is 29.3 Å². The van der Waals surface area contributed by atoms with Gasteiger partial charge in [-0.2, -0.15) is 0 Å². The van der Waals surface area contributed by atoms with Crippen LogP contribution in [-0.4, -0.2) is 19.6 Å². The molecule has 2 atom stereocenters. The van der Waals surface area contributed by atoms with Crippen molar-refractivity contribution in [1.82, 2.24) is 0 Å². The Morgan fingerprint density at radius 3 is 2.53 bits per heavy atom. The van der Waals surface area contributed by atoms with E-state index in [0.29, 0.717) is 5.92 Å². The highest BCUT2D eigenvalue weighted by atomic mass is 19.1. The van der Waals surface area contributed by atoms with Gasteiger partial charge in [0.05, 0.1) is 0 Å². The maximum absolute atomic E-state index is 13.4. The molecule has 108 valence electrons. The van der Waals surface area contributed by atoms with Crippen LogP contribution in [0.5, 0.6) is 0 Å². The van der Waals surface area contributed by atoms with Crippen molar-refractivity contribution in [1.29, 1.82) is 0 Å². The molecular weight excluding hydrogens is 239 g/mol. The number of nitrogens with two attached hydrogens (primary N) is 1. The van der Waals surface area contributed by atoms with Crippen molar-refractivity contribution in [3.63, 3.8) is 0 Å². The Bertz CT molecular complexity index is 392. The van der Waals surface area contributed by atoms with Crippen LogP contribution in [0.15, 0.2) is 18.2 Å². The normalized spacial score (nSPS) is 14.2. The van der Waals surface area contributed by atoms with Crippen LogP contribution in [0, 0.1) is 11.7 Å². The minimum atomic E-state index is -0.181. The van der Waals surface area contributed by atoms with Crippen molar-refractivity contribution in [3.8, 4) is 0 Å². The molecule has 0 fully saturated rings. The van der Waals surface area contributed by atoms with Crippen molar-refractivity contribution in [2.24, 2.45) is 11.7 Å². The largest absolute Gasteiger partial charge is 0.374 e. The van der Waals surface area contributed by atoms with Gasteiger partial charge in [-0.25, -0.2) is 4.39 Å². The van der Waals surface area contributed by atoms with E-state index in [1.807, 2.05) is 6.07 Å². The van der Waals surface area contributed by atoms with Gasteiger partial charge in [0.25, 0.3) is 0 Å². The van der Waals surface area contributed by atoms with Gasteiger partial charge in [0.2, 0.25) is 0 Å². The van der Waals surface area contributed by atoms with E-state index < -0.39 is 0 Å². The highest BCUT2D eigenvalue weighted by Gasteiger charge is 2.13. The minimum absolute atomic E-state index is 0.0950. The molecule has 19 heavy (non-hydrogen) atoms. The second-order valence-corrected chi connectivity index (χ2v) is 5.54. The Morgan fingerprint density at radius 2 is 1.95 bits per heavy atom. The molecule has 0 bridgehead atoms. The SMILES string of the molecule is CCC(C)CN(C)c1ccc(F)cc1CC(N)CC. The quantitative estimate of drug-likeness (QED) is 0.817. The number of halogens is 1. The van der Waals surface area contributed by atoms with Crippen LogP contribution in [0.3, 0.4) is 0 Å². The van der Waals surface area contributed by atoms with Gasteiger partial charge in [0.1, 0.15) is 5.82 Å². The highest BCUT2D eigenvalue weighted by Crippen LogP contribution is 2.23. The molecule has 3 heteroatoms. The molecule has 0 saturated carbocycles. The summed E-state index contributed by atoms with van der Waals surface area (Å²) in [6, 6.07) is 5.12. The van der Waals surface area contributed by atoms with E-state index in [1.165, 1.54) is 6.07 Å². The molecule has 0 amide bonds. The van der Waals surface area contributed by atoms with Crippen LogP contribution in [0.1, 0.15) is 39.2 Å². The van der Waals surface area contributed by atoms with E-state index in [2.05, 4.69) is 32.7 Å². The van der Waals surface area contributed by atoms with Gasteiger partial charge in [-0.15, -0.1) is 0 Å². The van der Waals surface area contributed by atoms with Gasteiger partial charge in [0, 0.05) is 25.3 Å². The summed E-state index contributed by atoms with van der Waals surface area (Å²) >= 11 is 0. The summed E-state index contributed by atoms with van der Waals surface area (Å²) in [5, 5.41) is 0. The lowest BCUT2D eigenvalue weighted by atomic mass is 10.0. The van der Waals surface area contributed by atoms with Crippen LogP contribution < -0.4 is 10.6 Å². The molecule has 2 unspecified atom stereocenters. The molecule has 0 radical (unpaired) electrons. The van der Waals surface area contributed by atoms with Gasteiger partial charge < -0.3 is 10.6 Å². The fourth-order valence-electron chi connectivity index (χ4n) is 2.21. The third-order valence-electron chi connectivity index (χ3n) is 3.74. The molecule has 1 aromatic carbocycles. The van der Waals surface area contributed by atoms with E-state index in [4.69, 9.17) is 5.73 Å². The summed E-state index contributed by atoms with van der Waals surface area (Å²) in [5.74, 6) is 0.446. The zero-order valence-electron chi connectivity index (χ0n) is 12.6. The van der Waals surface area contributed by atoms with Gasteiger partial charge >= 0.3 is 0 Å². The summed E-state index contributed by atoms with van der Waals surface area (Å²) in [6.45, 7) is 7.47. The van der Waals surface area contributed by atoms with Crippen molar-refractivity contribution in [3.05, 3.63) is 29.6 Å². The van der Waals surface area contributed by atoms with Crippen LogP contribution in [0.25, 0.3) is 0 Å². The Labute approximate surface area is 116 Å². The van der Waals surface area contributed by atoms with Crippen molar-refractivity contribution in [2.75, 3.05) is 18.5 Å². The zero-order chi connectivity index (χ0) is 14.4. The summed E-state index contributed by atoms with van der Waals surface area (Å²) in [4.78, 5) is 2.21. The number of hydrogen-bond donors (Lipinski definition) is 1. The van der Waals surface area contributed by atoms with E-state index in [-0.39, 0.29) is 11.9 Å². The van der Waals surface area contributed by atoms with Crippen molar-refractivity contribution in [2.45, 2.75) is 46.1 Å². The molecule has 0 heterocycles. The fourth-order valence-corrected chi connectivity index (χ4v) is 2.21. The number of anilines is 1. The standard InChI is InChI=1S/C16H27FN2/c1-5-12(3)11-19(4)16-8-7-14(17)9-13(16)10-15(18)6-2/h7-9,12,15H,5-6,10-11,18H2,1-4H3. The molecule has 0 aliphatic heterocycles. The van der Waals surface area contributed by atoms with E-state index in [1.54, 1.807) is 6.07 Å². The first-order chi connectivity index (χ1) is 8.97. The zero-order valence-corrected chi connectivity index (χ0v) is 12.6. The Balaban J connectivity index is 2.92. The van der Waals surface area contributed by atoms with Gasteiger partial charge in [0.15, 0.2) is 0 Å². The average molecular weight is 266 g/mol. The maximum Gasteiger partial charge on any atom is 0.123 e. The summed E-state index contributed by atoms with van der Waals surface area (Å²) in [6.07, 6.45) is 2.79. The number of rotatable bonds is 7. The smallest absolute Gasteiger partial charge is 0.123 e. The lowest BCUT2D eigenvalue weighted by Gasteiger charge is -2.26. The third kappa shape index (κ3) is 4.83. The Kier molecular flexibility index (Phi) is 6.29. The number of benzene rings is 1. The fraction of sp³-hybridized carbons (Fsp3) is 0.625. The Morgan fingerprint density at radius 1 is 1.26 bits per heavy atom. The van der Waals surface area contributed by atoms with Crippen LogP contribution in [0.4, 0.5) is 10.1 Å². The van der Waals surface area contributed by atoms with E-state index in [9.17, 15) is 4.39 Å². The summed E-state index contributed by atoms with van der Waals surface area (Å²) in [7, 11) is 2.07. The van der Waals surface area contributed by atoms with Crippen LogP contribution in [0.2, 0.25) is 0 Å². The molecule has 1 rings (SSSR count). The lowest BCUT2D eigenvalue weighted by molar-refractivity contribution is 0.557. The molecular formula is C16H27FN2. The van der Waals surface area contributed by atoms with Crippen LogP contribution >= 0.6 is 0 Å². The third-order valence-corrected chi connectivity index (χ3v) is 3.74. The highest BCUT2D eigenvalue weighted by molar-refractivity contribution is 5.53. The van der Waals surface area contributed by atoms with Crippen LogP contribution in [-0.2, 0) is 6.42 Å². The molecule has 0 saturated heterocycles.